The third kappa shape index (κ3) is 2.90. The number of nitrogens with one attached hydrogen (secondary N) is 3. The summed E-state index contributed by atoms with van der Waals surface area (Å²) in [6.45, 7) is 3.43. The van der Waals surface area contributed by atoms with E-state index in [1.165, 1.54) is 0 Å². The molecule has 1 atom stereocenters. The highest BCUT2D eigenvalue weighted by atomic mass is 16.2. The Hall–Kier alpha value is -3.29. The summed E-state index contributed by atoms with van der Waals surface area (Å²) in [6, 6.07) is 10.1. The maximum atomic E-state index is 12.1. The Labute approximate surface area is 149 Å². The van der Waals surface area contributed by atoms with Crippen LogP contribution in [0.4, 0.5) is 11.5 Å². The number of hydrogen-bond donors (Lipinski definition) is 3. The standard InChI is InChI=1S/C18H20N6O2/c1-2-8-24-15(20-14-16(24)21-18(26)22-17(14)25)13-9-19-23(11-13)10-12-6-4-3-5-7-12/h3-7,9,11,15,20H,2,8,10H2,1H3,(H2,21,22,25,26). The van der Waals surface area contributed by atoms with Gasteiger partial charge in [0.05, 0.1) is 12.7 Å². The number of nitrogens with zero attached hydrogens (tertiary/aromatic N) is 3. The third-order valence-corrected chi connectivity index (χ3v) is 4.42. The predicted octanol–water partition coefficient (Wildman–Crippen LogP) is 1.65. The average molecular weight is 352 g/mol. The largest absolute Gasteiger partial charge is 0.354 e. The van der Waals surface area contributed by atoms with Crippen LogP contribution in [0.25, 0.3) is 0 Å². The van der Waals surface area contributed by atoms with Crippen LogP contribution in [0.5, 0.6) is 0 Å². The van der Waals surface area contributed by atoms with Crippen LogP contribution in [0.15, 0.2) is 52.3 Å². The smallest absolute Gasteiger partial charge is 0.327 e. The number of rotatable bonds is 5. The SMILES string of the molecule is CCCN1c2[nH]c(=O)[nH]c(=O)c2NC1c1cnn(Cc2ccccc2)c1. The fourth-order valence-electron chi connectivity index (χ4n) is 3.29. The minimum atomic E-state index is -0.503. The second-order valence-corrected chi connectivity index (χ2v) is 6.33. The van der Waals surface area contributed by atoms with Crippen molar-refractivity contribution in [1.29, 1.82) is 0 Å². The Morgan fingerprint density at radius 2 is 1.96 bits per heavy atom. The molecular weight excluding hydrogens is 332 g/mol. The van der Waals surface area contributed by atoms with Gasteiger partial charge in [0.1, 0.15) is 17.7 Å². The van der Waals surface area contributed by atoms with Gasteiger partial charge in [0.25, 0.3) is 5.56 Å². The Kier molecular flexibility index (Phi) is 4.08. The van der Waals surface area contributed by atoms with Crippen molar-refractivity contribution < 1.29 is 0 Å². The van der Waals surface area contributed by atoms with E-state index in [0.717, 1.165) is 17.5 Å². The molecular formula is C18H20N6O2. The van der Waals surface area contributed by atoms with Crippen LogP contribution in [-0.4, -0.2) is 26.3 Å². The van der Waals surface area contributed by atoms with Gasteiger partial charge in [-0.2, -0.15) is 5.10 Å². The molecule has 4 rings (SSSR count). The van der Waals surface area contributed by atoms with Crippen molar-refractivity contribution in [2.75, 3.05) is 16.8 Å². The molecule has 26 heavy (non-hydrogen) atoms. The van der Waals surface area contributed by atoms with Crippen LogP contribution in [-0.2, 0) is 6.54 Å². The summed E-state index contributed by atoms with van der Waals surface area (Å²) in [6.07, 6.45) is 4.39. The maximum absolute atomic E-state index is 12.1. The number of fused-ring (bicyclic) bond motifs is 1. The van der Waals surface area contributed by atoms with E-state index in [1.807, 2.05) is 34.0 Å². The van der Waals surface area contributed by atoms with Crippen LogP contribution < -0.4 is 21.5 Å². The van der Waals surface area contributed by atoms with Gasteiger partial charge in [-0.25, -0.2) is 4.79 Å². The molecule has 8 nitrogen and oxygen atoms in total. The van der Waals surface area contributed by atoms with E-state index >= 15 is 0 Å². The van der Waals surface area contributed by atoms with E-state index in [-0.39, 0.29) is 6.17 Å². The zero-order valence-corrected chi connectivity index (χ0v) is 14.4. The average Bonchev–Trinajstić information content (AvgIpc) is 3.22. The van der Waals surface area contributed by atoms with Gasteiger partial charge in [-0.05, 0) is 12.0 Å². The number of aromatic amines is 2. The Bertz CT molecular complexity index is 1020. The summed E-state index contributed by atoms with van der Waals surface area (Å²) < 4.78 is 1.87. The lowest BCUT2D eigenvalue weighted by molar-refractivity contribution is 0.674. The van der Waals surface area contributed by atoms with Crippen LogP contribution in [0.1, 0.15) is 30.6 Å². The first-order valence-corrected chi connectivity index (χ1v) is 8.61. The molecule has 3 aromatic rings. The molecule has 0 amide bonds. The number of benzene rings is 1. The topological polar surface area (TPSA) is 98.8 Å². The van der Waals surface area contributed by atoms with Crippen molar-refractivity contribution in [2.24, 2.45) is 0 Å². The molecule has 0 bridgehead atoms. The lowest BCUT2D eigenvalue weighted by Gasteiger charge is -2.24. The highest BCUT2D eigenvalue weighted by Crippen LogP contribution is 2.36. The van der Waals surface area contributed by atoms with Gasteiger partial charge < -0.3 is 10.2 Å². The Balaban J connectivity index is 1.64. The minimum Gasteiger partial charge on any atom is -0.354 e. The molecule has 0 aliphatic carbocycles. The molecule has 2 aromatic heterocycles. The van der Waals surface area contributed by atoms with Crippen molar-refractivity contribution in [3.8, 4) is 0 Å². The van der Waals surface area contributed by atoms with Crippen molar-refractivity contribution in [3.63, 3.8) is 0 Å². The van der Waals surface area contributed by atoms with Gasteiger partial charge in [-0.1, -0.05) is 37.3 Å². The first kappa shape index (κ1) is 16.2. The molecule has 3 heterocycles. The van der Waals surface area contributed by atoms with Crippen molar-refractivity contribution >= 4 is 11.5 Å². The summed E-state index contributed by atoms with van der Waals surface area (Å²) in [7, 11) is 0. The Morgan fingerprint density at radius 1 is 1.15 bits per heavy atom. The van der Waals surface area contributed by atoms with E-state index in [9.17, 15) is 9.59 Å². The van der Waals surface area contributed by atoms with Crippen molar-refractivity contribution in [1.82, 2.24) is 19.7 Å². The van der Waals surface area contributed by atoms with Gasteiger partial charge in [0, 0.05) is 18.3 Å². The highest BCUT2D eigenvalue weighted by molar-refractivity contribution is 5.71. The highest BCUT2D eigenvalue weighted by Gasteiger charge is 2.33. The molecule has 0 fully saturated rings. The van der Waals surface area contributed by atoms with Crippen LogP contribution >= 0.6 is 0 Å². The molecule has 8 heteroatoms. The molecule has 1 aliphatic heterocycles. The number of hydrogen-bond acceptors (Lipinski definition) is 5. The molecule has 0 saturated carbocycles. The summed E-state index contributed by atoms with van der Waals surface area (Å²) in [5.41, 5.74) is 1.57. The van der Waals surface area contributed by atoms with Gasteiger partial charge in [0.15, 0.2) is 0 Å². The summed E-state index contributed by atoms with van der Waals surface area (Å²) in [5.74, 6) is 0.529. The second kappa shape index (κ2) is 6.55. The zero-order chi connectivity index (χ0) is 18.1. The maximum Gasteiger partial charge on any atom is 0.327 e. The fraction of sp³-hybridized carbons (Fsp3) is 0.278. The van der Waals surface area contributed by atoms with Gasteiger partial charge in [-0.3, -0.25) is 19.4 Å². The fourth-order valence-corrected chi connectivity index (χ4v) is 3.29. The van der Waals surface area contributed by atoms with E-state index in [0.29, 0.717) is 24.6 Å². The summed E-state index contributed by atoms with van der Waals surface area (Å²) >= 11 is 0. The monoisotopic (exact) mass is 352 g/mol. The first-order chi connectivity index (χ1) is 12.7. The minimum absolute atomic E-state index is 0.242. The van der Waals surface area contributed by atoms with Gasteiger partial charge in [-0.15, -0.1) is 0 Å². The lowest BCUT2D eigenvalue weighted by Crippen LogP contribution is -2.30. The number of anilines is 2. The molecule has 3 N–H and O–H groups in total. The van der Waals surface area contributed by atoms with Crippen LogP contribution in [0.3, 0.4) is 0 Å². The van der Waals surface area contributed by atoms with E-state index in [2.05, 4.69) is 39.4 Å². The molecule has 134 valence electrons. The van der Waals surface area contributed by atoms with Gasteiger partial charge >= 0.3 is 5.69 Å². The first-order valence-electron chi connectivity index (χ1n) is 8.61. The van der Waals surface area contributed by atoms with Crippen LogP contribution in [0.2, 0.25) is 0 Å². The van der Waals surface area contributed by atoms with Gasteiger partial charge in [0.2, 0.25) is 0 Å². The van der Waals surface area contributed by atoms with Crippen molar-refractivity contribution in [2.45, 2.75) is 26.1 Å². The summed E-state index contributed by atoms with van der Waals surface area (Å²) in [5, 5.41) is 7.66. The van der Waals surface area contributed by atoms with E-state index in [1.54, 1.807) is 6.20 Å². The number of aromatic nitrogens is 4. The summed E-state index contributed by atoms with van der Waals surface area (Å²) in [4.78, 5) is 30.8. The lowest BCUT2D eigenvalue weighted by atomic mass is 10.2. The quantitative estimate of drug-likeness (QED) is 0.648. The zero-order valence-electron chi connectivity index (χ0n) is 14.4. The normalized spacial score (nSPS) is 15.7. The molecule has 0 spiro atoms. The molecule has 0 radical (unpaired) electrons. The van der Waals surface area contributed by atoms with Crippen molar-refractivity contribution in [3.05, 3.63) is 74.7 Å². The van der Waals surface area contributed by atoms with E-state index in [4.69, 9.17) is 0 Å². The predicted molar refractivity (Wildman–Crippen MR) is 99.5 cm³/mol. The molecule has 1 unspecified atom stereocenters. The molecule has 1 aromatic carbocycles. The second-order valence-electron chi connectivity index (χ2n) is 6.33. The third-order valence-electron chi connectivity index (χ3n) is 4.42. The number of H-pyrrole nitrogens is 2. The molecule has 0 saturated heterocycles. The van der Waals surface area contributed by atoms with E-state index < -0.39 is 11.2 Å². The molecule has 1 aliphatic rings. The Morgan fingerprint density at radius 3 is 2.73 bits per heavy atom. The van der Waals surface area contributed by atoms with Crippen LogP contribution in [0, 0.1) is 0 Å².